The third kappa shape index (κ3) is 3.12. The van der Waals surface area contributed by atoms with Crippen molar-refractivity contribution in [2.45, 2.75) is 6.54 Å². The molecule has 0 unspecified atom stereocenters. The molecule has 0 saturated heterocycles. The van der Waals surface area contributed by atoms with Gasteiger partial charge in [0.05, 0.1) is 12.8 Å². The minimum Gasteiger partial charge on any atom is -0.495 e. The maximum Gasteiger partial charge on any atom is 0.142 e. The third-order valence-electron chi connectivity index (χ3n) is 2.97. The summed E-state index contributed by atoms with van der Waals surface area (Å²) in [6.07, 6.45) is 0. The molecule has 0 radical (unpaired) electrons. The Bertz CT molecular complexity index is 572. The fourth-order valence-electron chi connectivity index (χ4n) is 2.00. The number of anilines is 2. The van der Waals surface area contributed by atoms with Crippen LogP contribution in [0.25, 0.3) is 0 Å². The molecule has 19 heavy (non-hydrogen) atoms. The van der Waals surface area contributed by atoms with E-state index in [2.05, 4.69) is 4.90 Å². The first-order valence-corrected chi connectivity index (χ1v) is 6.37. The maximum atomic E-state index is 6.19. The Morgan fingerprint density at radius 3 is 2.68 bits per heavy atom. The summed E-state index contributed by atoms with van der Waals surface area (Å²) in [5.41, 5.74) is 8.52. The molecule has 0 aliphatic heterocycles. The average Bonchev–Trinajstić information content (AvgIpc) is 2.42. The lowest BCUT2D eigenvalue weighted by atomic mass is 10.1. The van der Waals surface area contributed by atoms with Crippen LogP contribution in [0.4, 0.5) is 11.4 Å². The Labute approximate surface area is 118 Å². The summed E-state index contributed by atoms with van der Waals surface area (Å²) in [6, 6.07) is 13.4. The third-order valence-corrected chi connectivity index (χ3v) is 3.34. The highest BCUT2D eigenvalue weighted by Gasteiger charge is 2.10. The predicted molar refractivity (Wildman–Crippen MR) is 81.0 cm³/mol. The van der Waals surface area contributed by atoms with Gasteiger partial charge in [0.25, 0.3) is 0 Å². The second-order valence-corrected chi connectivity index (χ2v) is 4.79. The highest BCUT2D eigenvalue weighted by molar-refractivity contribution is 6.31. The van der Waals surface area contributed by atoms with Crippen molar-refractivity contribution in [2.75, 3.05) is 24.8 Å². The van der Waals surface area contributed by atoms with Crippen LogP contribution in [0.15, 0.2) is 42.5 Å². The van der Waals surface area contributed by atoms with Gasteiger partial charge in [0.2, 0.25) is 0 Å². The molecule has 0 aliphatic carbocycles. The van der Waals surface area contributed by atoms with Crippen molar-refractivity contribution in [3.63, 3.8) is 0 Å². The van der Waals surface area contributed by atoms with Gasteiger partial charge in [-0.15, -0.1) is 0 Å². The van der Waals surface area contributed by atoms with Crippen molar-refractivity contribution in [1.82, 2.24) is 0 Å². The number of hydrogen-bond acceptors (Lipinski definition) is 3. The summed E-state index contributed by atoms with van der Waals surface area (Å²) in [7, 11) is 3.66. The zero-order valence-corrected chi connectivity index (χ0v) is 11.8. The van der Waals surface area contributed by atoms with Crippen LogP contribution >= 0.6 is 11.6 Å². The van der Waals surface area contributed by atoms with E-state index in [1.54, 1.807) is 13.2 Å². The first kappa shape index (κ1) is 13.6. The summed E-state index contributed by atoms with van der Waals surface area (Å²) in [6.45, 7) is 0.671. The van der Waals surface area contributed by atoms with E-state index < -0.39 is 0 Å². The molecule has 0 heterocycles. The fourth-order valence-corrected chi connectivity index (χ4v) is 2.18. The maximum absolute atomic E-state index is 6.19. The van der Waals surface area contributed by atoms with Crippen molar-refractivity contribution in [2.24, 2.45) is 0 Å². The summed E-state index contributed by atoms with van der Waals surface area (Å²) in [5.74, 6) is 0.838. The SMILES string of the molecule is COc1ccccc1N(C)Cc1cc(N)ccc1Cl. The van der Waals surface area contributed by atoms with E-state index in [0.717, 1.165) is 22.0 Å². The largest absolute Gasteiger partial charge is 0.495 e. The van der Waals surface area contributed by atoms with E-state index >= 15 is 0 Å². The number of ether oxygens (including phenoxy) is 1. The van der Waals surface area contributed by atoms with Crippen LogP contribution in [0.2, 0.25) is 5.02 Å². The smallest absolute Gasteiger partial charge is 0.142 e. The van der Waals surface area contributed by atoms with Gasteiger partial charge >= 0.3 is 0 Å². The van der Waals surface area contributed by atoms with Crippen LogP contribution in [0.3, 0.4) is 0 Å². The monoisotopic (exact) mass is 276 g/mol. The number of halogens is 1. The minimum atomic E-state index is 0.671. The molecular weight excluding hydrogens is 260 g/mol. The molecule has 0 atom stereocenters. The van der Waals surface area contributed by atoms with Crippen LogP contribution in [-0.4, -0.2) is 14.2 Å². The van der Waals surface area contributed by atoms with Gasteiger partial charge in [0.1, 0.15) is 5.75 Å². The molecule has 2 aromatic rings. The molecule has 0 fully saturated rings. The van der Waals surface area contributed by atoms with Crippen molar-refractivity contribution < 1.29 is 4.74 Å². The lowest BCUT2D eigenvalue weighted by Gasteiger charge is -2.22. The Morgan fingerprint density at radius 1 is 1.21 bits per heavy atom. The zero-order valence-electron chi connectivity index (χ0n) is 11.1. The highest BCUT2D eigenvalue weighted by Crippen LogP contribution is 2.29. The van der Waals surface area contributed by atoms with E-state index in [0.29, 0.717) is 12.2 Å². The summed E-state index contributed by atoms with van der Waals surface area (Å²) < 4.78 is 5.36. The van der Waals surface area contributed by atoms with E-state index in [1.807, 2.05) is 43.4 Å². The summed E-state index contributed by atoms with van der Waals surface area (Å²) in [5, 5.41) is 0.718. The topological polar surface area (TPSA) is 38.5 Å². The molecule has 0 amide bonds. The molecule has 100 valence electrons. The van der Waals surface area contributed by atoms with E-state index in [-0.39, 0.29) is 0 Å². The Hall–Kier alpha value is -1.87. The fraction of sp³-hybridized carbons (Fsp3) is 0.200. The molecule has 3 nitrogen and oxygen atoms in total. The van der Waals surface area contributed by atoms with Gasteiger partial charge in [-0.25, -0.2) is 0 Å². The molecule has 2 N–H and O–H groups in total. The molecule has 0 aliphatic rings. The van der Waals surface area contributed by atoms with Crippen LogP contribution in [0.5, 0.6) is 5.75 Å². The first-order chi connectivity index (χ1) is 9.11. The van der Waals surface area contributed by atoms with Gasteiger partial charge in [0.15, 0.2) is 0 Å². The Kier molecular flexibility index (Phi) is 4.17. The van der Waals surface area contributed by atoms with Gasteiger partial charge in [-0.05, 0) is 35.9 Å². The Balaban J connectivity index is 2.25. The van der Waals surface area contributed by atoms with Gasteiger partial charge in [-0.1, -0.05) is 23.7 Å². The van der Waals surface area contributed by atoms with Crippen molar-refractivity contribution >= 4 is 23.0 Å². The van der Waals surface area contributed by atoms with Crippen molar-refractivity contribution in [3.8, 4) is 5.75 Å². The van der Waals surface area contributed by atoms with E-state index in [1.165, 1.54) is 0 Å². The van der Waals surface area contributed by atoms with E-state index in [4.69, 9.17) is 22.1 Å². The second-order valence-electron chi connectivity index (χ2n) is 4.38. The van der Waals surface area contributed by atoms with Gasteiger partial charge in [-0.3, -0.25) is 0 Å². The summed E-state index contributed by atoms with van der Waals surface area (Å²) in [4.78, 5) is 2.08. The molecule has 2 rings (SSSR count). The average molecular weight is 277 g/mol. The first-order valence-electron chi connectivity index (χ1n) is 6.00. The van der Waals surface area contributed by atoms with Gasteiger partial charge < -0.3 is 15.4 Å². The molecular formula is C15H17ClN2O. The van der Waals surface area contributed by atoms with Crippen molar-refractivity contribution in [1.29, 1.82) is 0 Å². The number of para-hydroxylation sites is 2. The number of methoxy groups -OCH3 is 1. The molecule has 2 aromatic carbocycles. The number of nitrogens with two attached hydrogens (primary N) is 1. The second kappa shape index (κ2) is 5.85. The minimum absolute atomic E-state index is 0.671. The predicted octanol–water partition coefficient (Wildman–Crippen LogP) is 3.57. The standard InChI is InChI=1S/C15H17ClN2O/c1-18(14-5-3-4-6-15(14)19-2)10-11-9-12(17)7-8-13(11)16/h3-9H,10,17H2,1-2H3. The zero-order chi connectivity index (χ0) is 13.8. The lowest BCUT2D eigenvalue weighted by molar-refractivity contribution is 0.415. The number of rotatable bonds is 4. The molecule has 0 spiro atoms. The molecule has 0 saturated carbocycles. The van der Waals surface area contributed by atoms with Crippen LogP contribution < -0.4 is 15.4 Å². The lowest BCUT2D eigenvalue weighted by Crippen LogP contribution is -2.17. The molecule has 4 heteroatoms. The van der Waals surface area contributed by atoms with Crippen molar-refractivity contribution in [3.05, 3.63) is 53.1 Å². The summed E-state index contributed by atoms with van der Waals surface area (Å²) >= 11 is 6.19. The molecule has 0 bridgehead atoms. The number of benzene rings is 2. The van der Waals surface area contributed by atoms with E-state index in [9.17, 15) is 0 Å². The van der Waals surface area contributed by atoms with Crippen LogP contribution in [0, 0.1) is 0 Å². The van der Waals surface area contributed by atoms with Gasteiger partial charge in [0, 0.05) is 24.3 Å². The highest BCUT2D eigenvalue weighted by atomic mass is 35.5. The van der Waals surface area contributed by atoms with Crippen LogP contribution in [-0.2, 0) is 6.54 Å². The normalized spacial score (nSPS) is 10.3. The van der Waals surface area contributed by atoms with Crippen LogP contribution in [0.1, 0.15) is 5.56 Å². The quantitative estimate of drug-likeness (QED) is 0.868. The Morgan fingerprint density at radius 2 is 1.95 bits per heavy atom. The number of nitrogen functional groups attached to an aromatic ring is 1. The van der Waals surface area contributed by atoms with Gasteiger partial charge in [-0.2, -0.15) is 0 Å². The molecule has 0 aromatic heterocycles. The number of hydrogen-bond donors (Lipinski definition) is 1. The number of nitrogens with zero attached hydrogens (tertiary/aromatic N) is 1.